The number of nitrogens with one attached hydrogen (secondary N) is 1. The predicted octanol–water partition coefficient (Wildman–Crippen LogP) is 4.13. The van der Waals surface area contributed by atoms with Gasteiger partial charge in [0.2, 0.25) is 0 Å². The molecule has 2 unspecified atom stereocenters. The van der Waals surface area contributed by atoms with Gasteiger partial charge in [-0.25, -0.2) is 13.2 Å². The summed E-state index contributed by atoms with van der Waals surface area (Å²) >= 11 is 6.17. The van der Waals surface area contributed by atoms with Gasteiger partial charge in [0, 0.05) is 17.9 Å². The third-order valence-corrected chi connectivity index (χ3v) is 8.13. The number of aromatic carboxylic acids is 1. The Balaban J connectivity index is 1.75. The maximum Gasteiger partial charge on any atom is 0.335 e. The summed E-state index contributed by atoms with van der Waals surface area (Å²) in [5.41, 5.74) is -0.0826. The summed E-state index contributed by atoms with van der Waals surface area (Å²) in [5.74, 6) is -1.07. The third kappa shape index (κ3) is 4.38. The highest BCUT2D eigenvalue weighted by Gasteiger charge is 2.49. The summed E-state index contributed by atoms with van der Waals surface area (Å²) in [5, 5.41) is 28.8. The Kier molecular flexibility index (Phi) is 5.81. The number of aliphatic hydroxyl groups excluding tert-OH is 1. The van der Waals surface area contributed by atoms with Gasteiger partial charge in [0.1, 0.15) is 17.9 Å². The number of anilines is 1. The molecule has 4 rings (SSSR count). The maximum atomic E-state index is 13.4. The van der Waals surface area contributed by atoms with Crippen molar-refractivity contribution in [2.75, 3.05) is 4.72 Å². The van der Waals surface area contributed by atoms with E-state index in [0.717, 1.165) is 18.9 Å². The van der Waals surface area contributed by atoms with E-state index in [4.69, 9.17) is 16.3 Å². The summed E-state index contributed by atoms with van der Waals surface area (Å²) in [4.78, 5) is 11.3. The van der Waals surface area contributed by atoms with Crippen LogP contribution in [0.4, 0.5) is 5.69 Å². The van der Waals surface area contributed by atoms with Crippen molar-refractivity contribution in [3.63, 3.8) is 0 Å². The number of hydrogen-bond acceptors (Lipinski definition) is 6. The highest BCUT2D eigenvalue weighted by atomic mass is 35.5. The average Bonchev–Trinajstić information content (AvgIpc) is 3.60. The molecule has 2 fully saturated rings. The second kappa shape index (κ2) is 8.20. The SMILES string of the molecule is CC1(C)C(O)CC1Oc1cc(Cl)c(C#N)cc1NS(=O)(=O)c1cc(C(=O)O)ccc1C1CC1. The van der Waals surface area contributed by atoms with Crippen molar-refractivity contribution in [1.82, 2.24) is 0 Å². The van der Waals surface area contributed by atoms with Crippen molar-refractivity contribution in [3.05, 3.63) is 52.0 Å². The molecule has 0 aromatic heterocycles. The van der Waals surface area contributed by atoms with Gasteiger partial charge in [0.15, 0.2) is 0 Å². The van der Waals surface area contributed by atoms with Crippen LogP contribution in [0, 0.1) is 16.7 Å². The minimum atomic E-state index is -4.22. The van der Waals surface area contributed by atoms with E-state index in [9.17, 15) is 28.7 Å². The second-order valence-corrected chi connectivity index (χ2v) is 11.1. The van der Waals surface area contributed by atoms with Crippen LogP contribution < -0.4 is 9.46 Å². The first-order valence-electron chi connectivity index (χ1n) is 10.4. The Morgan fingerprint density at radius 1 is 1.27 bits per heavy atom. The molecule has 2 aromatic carbocycles. The molecule has 2 atom stereocenters. The van der Waals surface area contributed by atoms with Crippen LogP contribution >= 0.6 is 11.6 Å². The van der Waals surface area contributed by atoms with Gasteiger partial charge in [-0.3, -0.25) is 4.72 Å². The zero-order valence-electron chi connectivity index (χ0n) is 18.0. The highest BCUT2D eigenvalue weighted by molar-refractivity contribution is 7.92. The number of carboxylic acids is 1. The molecule has 0 heterocycles. The minimum absolute atomic E-state index is 0.00983. The van der Waals surface area contributed by atoms with Gasteiger partial charge >= 0.3 is 5.97 Å². The molecule has 2 aromatic rings. The molecule has 3 N–H and O–H groups in total. The number of nitrogens with zero attached hydrogens (tertiary/aromatic N) is 1. The van der Waals surface area contributed by atoms with Gasteiger partial charge in [-0.2, -0.15) is 5.26 Å². The van der Waals surface area contributed by atoms with Crippen molar-refractivity contribution in [1.29, 1.82) is 5.26 Å². The predicted molar refractivity (Wildman–Crippen MR) is 121 cm³/mol. The van der Waals surface area contributed by atoms with E-state index < -0.39 is 33.6 Å². The Labute approximate surface area is 196 Å². The van der Waals surface area contributed by atoms with Crippen molar-refractivity contribution in [3.8, 4) is 11.8 Å². The first kappa shape index (κ1) is 23.4. The molecule has 0 radical (unpaired) electrons. The van der Waals surface area contributed by atoms with Crippen LogP contribution in [-0.2, 0) is 10.0 Å². The quantitative estimate of drug-likeness (QED) is 0.530. The molecule has 0 saturated heterocycles. The lowest BCUT2D eigenvalue weighted by Crippen LogP contribution is -2.56. The molecule has 2 aliphatic rings. The van der Waals surface area contributed by atoms with E-state index in [0.29, 0.717) is 12.0 Å². The Hall–Kier alpha value is -2.80. The zero-order chi connectivity index (χ0) is 24.1. The van der Waals surface area contributed by atoms with Crippen LogP contribution in [0.15, 0.2) is 35.2 Å². The van der Waals surface area contributed by atoms with E-state index in [2.05, 4.69) is 4.72 Å². The smallest absolute Gasteiger partial charge is 0.335 e. The van der Waals surface area contributed by atoms with Gasteiger partial charge in [0.25, 0.3) is 10.0 Å². The summed E-state index contributed by atoms with van der Waals surface area (Å²) in [6, 6.07) is 8.65. The fraction of sp³-hybridized carbons (Fsp3) is 0.391. The highest BCUT2D eigenvalue weighted by Crippen LogP contribution is 2.46. The number of sulfonamides is 1. The first-order chi connectivity index (χ1) is 15.4. The van der Waals surface area contributed by atoms with Crippen LogP contribution in [0.3, 0.4) is 0 Å². The molecule has 0 amide bonds. The topological polar surface area (TPSA) is 137 Å². The number of benzene rings is 2. The molecule has 33 heavy (non-hydrogen) atoms. The number of aliphatic hydroxyl groups is 1. The molecule has 8 nitrogen and oxygen atoms in total. The molecule has 0 spiro atoms. The number of halogens is 1. The Bertz CT molecular complexity index is 1280. The van der Waals surface area contributed by atoms with Gasteiger partial charge in [0.05, 0.1) is 32.8 Å². The Morgan fingerprint density at radius 3 is 2.52 bits per heavy atom. The molecule has 10 heteroatoms. The maximum absolute atomic E-state index is 13.4. The molecular weight excluding hydrogens is 468 g/mol. The van der Waals surface area contributed by atoms with Crippen LogP contribution in [0.1, 0.15) is 60.5 Å². The molecule has 0 bridgehead atoms. The van der Waals surface area contributed by atoms with E-state index in [1.807, 2.05) is 19.9 Å². The van der Waals surface area contributed by atoms with Gasteiger partial charge in [-0.1, -0.05) is 31.5 Å². The summed E-state index contributed by atoms with van der Waals surface area (Å²) in [7, 11) is -4.22. The first-order valence-corrected chi connectivity index (χ1v) is 12.3. The monoisotopic (exact) mass is 490 g/mol. The number of rotatable bonds is 7. The van der Waals surface area contributed by atoms with Crippen LogP contribution in [-0.4, -0.2) is 36.8 Å². The van der Waals surface area contributed by atoms with Crippen LogP contribution in [0.2, 0.25) is 5.02 Å². The number of hydrogen-bond donors (Lipinski definition) is 3. The van der Waals surface area contributed by atoms with E-state index in [1.54, 1.807) is 0 Å². The molecule has 2 saturated carbocycles. The van der Waals surface area contributed by atoms with Gasteiger partial charge in [-0.05, 0) is 42.5 Å². The number of carboxylic acid groups (broad SMARTS) is 1. The summed E-state index contributed by atoms with van der Waals surface area (Å²) in [6.07, 6.45) is 1.06. The van der Waals surface area contributed by atoms with Crippen LogP contribution in [0.5, 0.6) is 5.75 Å². The van der Waals surface area contributed by atoms with Gasteiger partial charge in [-0.15, -0.1) is 0 Å². The normalized spacial score (nSPS) is 21.5. The average molecular weight is 491 g/mol. The molecule has 0 aliphatic heterocycles. The third-order valence-electron chi connectivity index (χ3n) is 6.40. The van der Waals surface area contributed by atoms with E-state index in [-0.39, 0.29) is 38.4 Å². The number of carbonyl (C=O) groups is 1. The second-order valence-electron chi connectivity index (χ2n) is 9.06. The van der Waals surface area contributed by atoms with Crippen LogP contribution in [0.25, 0.3) is 0 Å². The van der Waals surface area contributed by atoms with Crippen molar-refractivity contribution < 1.29 is 28.2 Å². The lowest BCUT2D eigenvalue weighted by Gasteiger charge is -2.48. The van der Waals surface area contributed by atoms with E-state index >= 15 is 0 Å². The largest absolute Gasteiger partial charge is 0.487 e. The Morgan fingerprint density at radius 2 is 1.97 bits per heavy atom. The molecular formula is C23H23ClN2O6S. The number of nitriles is 1. The fourth-order valence-corrected chi connectivity index (χ4v) is 5.45. The lowest BCUT2D eigenvalue weighted by atomic mass is 9.66. The van der Waals surface area contributed by atoms with Crippen molar-refractivity contribution >= 4 is 33.3 Å². The van der Waals surface area contributed by atoms with Crippen molar-refractivity contribution in [2.24, 2.45) is 5.41 Å². The standard InChI is InChI=1S/C23H23ClN2O6S/c1-23(2)20(27)10-21(23)32-18-9-16(24)14(11-25)7-17(18)26-33(30,31)19-8-13(22(28)29)5-6-15(19)12-3-4-12/h5-9,12,20-21,26-27H,3-4,10H2,1-2H3,(H,28,29). The summed E-state index contributed by atoms with van der Waals surface area (Å²) in [6.45, 7) is 3.67. The van der Waals surface area contributed by atoms with E-state index in [1.165, 1.54) is 24.3 Å². The van der Waals surface area contributed by atoms with Crippen molar-refractivity contribution in [2.45, 2.75) is 56.1 Å². The van der Waals surface area contributed by atoms with Gasteiger partial charge < -0.3 is 14.9 Å². The minimum Gasteiger partial charge on any atom is -0.487 e. The lowest BCUT2D eigenvalue weighted by molar-refractivity contribution is -0.134. The molecule has 2 aliphatic carbocycles. The zero-order valence-corrected chi connectivity index (χ0v) is 19.6. The number of ether oxygens (including phenoxy) is 1. The summed E-state index contributed by atoms with van der Waals surface area (Å²) < 4.78 is 35.3. The fourth-order valence-electron chi connectivity index (χ4n) is 3.87. The molecule has 174 valence electrons.